The van der Waals surface area contributed by atoms with Crippen LogP contribution in [0.4, 0.5) is 0 Å². The van der Waals surface area contributed by atoms with Crippen LogP contribution in [0.1, 0.15) is 46.0 Å². The van der Waals surface area contributed by atoms with Gasteiger partial charge in [0.1, 0.15) is 6.04 Å². The van der Waals surface area contributed by atoms with Gasteiger partial charge in [-0.3, -0.25) is 20.4 Å². The number of benzene rings is 1. The zero-order valence-corrected chi connectivity index (χ0v) is 17.1. The van der Waals surface area contributed by atoms with Crippen LogP contribution >= 0.6 is 11.6 Å². The van der Waals surface area contributed by atoms with Crippen LogP contribution in [0.2, 0.25) is 5.02 Å². The summed E-state index contributed by atoms with van der Waals surface area (Å²) in [7, 11) is -3.94. The molecule has 0 radical (unpaired) electrons. The molecule has 3 N–H and O–H groups in total. The molecule has 7 nitrogen and oxygen atoms in total. The van der Waals surface area contributed by atoms with Crippen molar-refractivity contribution in [3.63, 3.8) is 0 Å². The highest BCUT2D eigenvalue weighted by atomic mass is 35.5. The summed E-state index contributed by atoms with van der Waals surface area (Å²) in [6.07, 6.45) is 4.73. The molecule has 0 heterocycles. The van der Waals surface area contributed by atoms with Gasteiger partial charge in [0.2, 0.25) is 15.9 Å². The Morgan fingerprint density at radius 3 is 2.37 bits per heavy atom. The van der Waals surface area contributed by atoms with Crippen LogP contribution in [0.5, 0.6) is 0 Å². The van der Waals surface area contributed by atoms with E-state index in [9.17, 15) is 18.0 Å². The number of carbonyl (C=O) groups is 2. The molecule has 27 heavy (non-hydrogen) atoms. The highest BCUT2D eigenvalue weighted by Crippen LogP contribution is 2.23. The topological polar surface area (TPSA) is 104 Å². The minimum Gasteiger partial charge on any atom is -0.273 e. The van der Waals surface area contributed by atoms with Crippen LogP contribution in [0, 0.1) is 11.8 Å². The average molecular weight is 416 g/mol. The molecule has 1 aromatic rings. The lowest BCUT2D eigenvalue weighted by Gasteiger charge is -2.24. The third-order valence-electron chi connectivity index (χ3n) is 4.62. The van der Waals surface area contributed by atoms with E-state index in [2.05, 4.69) is 15.6 Å². The van der Waals surface area contributed by atoms with Crippen molar-refractivity contribution in [2.24, 2.45) is 11.8 Å². The van der Waals surface area contributed by atoms with Gasteiger partial charge < -0.3 is 0 Å². The largest absolute Gasteiger partial charge is 0.273 e. The first-order valence-corrected chi connectivity index (χ1v) is 10.9. The Hall–Kier alpha value is -1.64. The third-order valence-corrected chi connectivity index (χ3v) is 6.30. The molecule has 1 aliphatic carbocycles. The zero-order chi connectivity index (χ0) is 20.0. The Labute approximate surface area is 165 Å². The Bertz CT molecular complexity index is 777. The van der Waals surface area contributed by atoms with Crippen LogP contribution in [-0.4, -0.2) is 26.3 Å². The number of nitrogens with one attached hydrogen (secondary N) is 3. The second kappa shape index (κ2) is 9.52. The van der Waals surface area contributed by atoms with Gasteiger partial charge in [-0.05, 0) is 37.0 Å². The van der Waals surface area contributed by atoms with Crippen molar-refractivity contribution < 1.29 is 18.0 Å². The quantitative estimate of drug-likeness (QED) is 0.620. The molecule has 0 spiro atoms. The maximum absolute atomic E-state index is 12.6. The fraction of sp³-hybridized carbons (Fsp3) is 0.556. The molecular formula is C18H26ClN3O4S. The molecule has 2 rings (SSSR count). The first-order chi connectivity index (χ1) is 12.7. The maximum Gasteiger partial charge on any atom is 0.256 e. The number of hydrogen-bond acceptors (Lipinski definition) is 4. The number of carbonyl (C=O) groups excluding carboxylic acids is 2. The number of amides is 2. The Balaban J connectivity index is 2.01. The minimum atomic E-state index is -3.94. The predicted octanol–water partition coefficient (Wildman–Crippen LogP) is 2.37. The fourth-order valence-corrected chi connectivity index (χ4v) is 4.67. The zero-order valence-electron chi connectivity index (χ0n) is 15.5. The van der Waals surface area contributed by atoms with Crippen LogP contribution in [0.25, 0.3) is 0 Å². The summed E-state index contributed by atoms with van der Waals surface area (Å²) in [4.78, 5) is 24.6. The van der Waals surface area contributed by atoms with Gasteiger partial charge >= 0.3 is 0 Å². The molecule has 1 saturated carbocycles. The van der Waals surface area contributed by atoms with E-state index in [4.69, 9.17) is 11.6 Å². The van der Waals surface area contributed by atoms with Crippen LogP contribution in [0.15, 0.2) is 29.2 Å². The van der Waals surface area contributed by atoms with E-state index < -0.39 is 22.0 Å². The van der Waals surface area contributed by atoms with E-state index >= 15 is 0 Å². The molecule has 0 saturated heterocycles. The first kappa shape index (κ1) is 21.7. The molecule has 2 amide bonds. The molecule has 0 unspecified atom stereocenters. The molecule has 9 heteroatoms. The highest BCUT2D eigenvalue weighted by Gasteiger charge is 2.29. The van der Waals surface area contributed by atoms with Gasteiger partial charge in [-0.25, -0.2) is 8.42 Å². The van der Waals surface area contributed by atoms with E-state index in [-0.39, 0.29) is 27.7 Å². The molecule has 1 aromatic carbocycles. The van der Waals surface area contributed by atoms with Gasteiger partial charge in [-0.15, -0.1) is 0 Å². The summed E-state index contributed by atoms with van der Waals surface area (Å²) >= 11 is 5.85. The smallest absolute Gasteiger partial charge is 0.256 e. The second-order valence-corrected chi connectivity index (χ2v) is 9.26. The first-order valence-electron chi connectivity index (χ1n) is 9.08. The minimum absolute atomic E-state index is 0.0281. The lowest BCUT2D eigenvalue weighted by molar-refractivity contribution is -0.132. The molecule has 1 atom stereocenters. The molecule has 0 aliphatic heterocycles. The summed E-state index contributed by atoms with van der Waals surface area (Å²) in [5, 5.41) is 0.281. The van der Waals surface area contributed by atoms with E-state index in [0.29, 0.717) is 0 Å². The maximum atomic E-state index is 12.6. The van der Waals surface area contributed by atoms with Crippen LogP contribution in [0.3, 0.4) is 0 Å². The van der Waals surface area contributed by atoms with Crippen molar-refractivity contribution in [3.8, 4) is 0 Å². The molecule has 1 aliphatic rings. The van der Waals surface area contributed by atoms with Gasteiger partial charge in [-0.1, -0.05) is 50.8 Å². The van der Waals surface area contributed by atoms with E-state index in [1.807, 2.05) is 0 Å². The Kier molecular flexibility index (Phi) is 7.64. The molecule has 0 bridgehead atoms. The van der Waals surface area contributed by atoms with E-state index in [0.717, 1.165) is 32.1 Å². The summed E-state index contributed by atoms with van der Waals surface area (Å²) in [5.74, 6) is -1.28. The normalized spacial score (nSPS) is 16.7. The van der Waals surface area contributed by atoms with E-state index in [1.54, 1.807) is 19.9 Å². The summed E-state index contributed by atoms with van der Waals surface area (Å²) < 4.78 is 27.5. The third kappa shape index (κ3) is 6.19. The van der Waals surface area contributed by atoms with Crippen molar-refractivity contribution in [2.45, 2.75) is 56.9 Å². The SMILES string of the molecule is CC(C)[C@H](NS(=O)(=O)c1cccc(Cl)c1)C(=O)NNC(=O)C1CCCCC1. The molecule has 150 valence electrons. The number of hydrazine groups is 1. The summed E-state index contributed by atoms with van der Waals surface area (Å²) in [6.45, 7) is 3.43. The Morgan fingerprint density at radius 2 is 1.78 bits per heavy atom. The molecule has 1 fully saturated rings. The van der Waals surface area contributed by atoms with Crippen molar-refractivity contribution >= 4 is 33.4 Å². The van der Waals surface area contributed by atoms with Gasteiger partial charge in [0, 0.05) is 10.9 Å². The van der Waals surface area contributed by atoms with Crippen molar-refractivity contribution in [1.29, 1.82) is 0 Å². The average Bonchev–Trinajstić information content (AvgIpc) is 2.64. The van der Waals surface area contributed by atoms with Gasteiger partial charge in [-0.2, -0.15) is 4.72 Å². The second-order valence-electron chi connectivity index (χ2n) is 7.11. The van der Waals surface area contributed by atoms with Crippen molar-refractivity contribution in [3.05, 3.63) is 29.3 Å². The monoisotopic (exact) mass is 415 g/mol. The van der Waals surface area contributed by atoms with Crippen LogP contribution < -0.4 is 15.6 Å². The van der Waals surface area contributed by atoms with Crippen molar-refractivity contribution in [1.82, 2.24) is 15.6 Å². The number of halogens is 1. The number of rotatable bonds is 6. The molecule has 0 aromatic heterocycles. The van der Waals surface area contributed by atoms with E-state index in [1.165, 1.54) is 18.2 Å². The summed E-state index contributed by atoms with van der Waals surface area (Å²) in [6, 6.07) is 4.75. The number of sulfonamides is 1. The fourth-order valence-electron chi connectivity index (χ4n) is 3.03. The lowest BCUT2D eigenvalue weighted by Crippen LogP contribution is -2.55. The van der Waals surface area contributed by atoms with Gasteiger partial charge in [0.25, 0.3) is 5.91 Å². The standard InChI is InChI=1S/C18H26ClN3O4S/c1-12(2)16(22-27(25,26)15-10-6-9-14(19)11-15)18(24)21-20-17(23)13-7-4-3-5-8-13/h6,9-13,16,22H,3-5,7-8H2,1-2H3,(H,20,23)(H,21,24)/t16-/m0/s1. The Morgan fingerprint density at radius 1 is 1.11 bits per heavy atom. The van der Waals surface area contributed by atoms with Crippen molar-refractivity contribution in [2.75, 3.05) is 0 Å². The van der Waals surface area contributed by atoms with Gasteiger partial charge in [0.05, 0.1) is 4.90 Å². The number of hydrogen-bond donors (Lipinski definition) is 3. The summed E-state index contributed by atoms with van der Waals surface area (Å²) in [5.41, 5.74) is 4.78. The lowest BCUT2D eigenvalue weighted by atomic mass is 9.89. The van der Waals surface area contributed by atoms with Gasteiger partial charge in [0.15, 0.2) is 0 Å². The highest BCUT2D eigenvalue weighted by molar-refractivity contribution is 7.89. The van der Waals surface area contributed by atoms with Crippen LogP contribution in [-0.2, 0) is 19.6 Å². The predicted molar refractivity (Wildman–Crippen MR) is 103 cm³/mol. The molecular weight excluding hydrogens is 390 g/mol.